The van der Waals surface area contributed by atoms with E-state index in [-0.39, 0.29) is 12.8 Å². The highest BCUT2D eigenvalue weighted by Gasteiger charge is 2.54. The van der Waals surface area contributed by atoms with Crippen molar-refractivity contribution in [1.82, 2.24) is 4.90 Å². The Hall–Kier alpha value is -1.27. The Labute approximate surface area is 134 Å². The Morgan fingerprint density at radius 2 is 1.74 bits per heavy atom. The van der Waals surface area contributed by atoms with Crippen molar-refractivity contribution >= 4 is 5.69 Å². The fraction of sp³-hybridized carbons (Fsp3) is 0.647. The molecule has 0 atom stereocenters. The number of piperidine rings is 1. The van der Waals surface area contributed by atoms with Crippen LogP contribution in [0.25, 0.3) is 0 Å². The molecule has 0 aromatic heterocycles. The molecule has 3 nitrogen and oxygen atoms in total. The van der Waals surface area contributed by atoms with Crippen molar-refractivity contribution in [2.24, 2.45) is 0 Å². The summed E-state index contributed by atoms with van der Waals surface area (Å²) in [5, 5.41) is 9.71. The summed E-state index contributed by atoms with van der Waals surface area (Å²) in [4.78, 5) is 4.35. The molecule has 0 unspecified atom stereocenters. The van der Waals surface area contributed by atoms with Crippen LogP contribution in [0.15, 0.2) is 24.3 Å². The van der Waals surface area contributed by atoms with E-state index in [1.54, 1.807) is 0 Å². The van der Waals surface area contributed by atoms with Gasteiger partial charge in [0.15, 0.2) is 5.60 Å². The van der Waals surface area contributed by atoms with Crippen LogP contribution in [0.2, 0.25) is 0 Å². The summed E-state index contributed by atoms with van der Waals surface area (Å²) in [6, 6.07) is 8.34. The number of fused-ring (bicyclic) bond motifs is 1. The van der Waals surface area contributed by atoms with Crippen LogP contribution in [0, 0.1) is 0 Å². The molecule has 1 N–H and O–H groups in total. The van der Waals surface area contributed by atoms with Gasteiger partial charge in [-0.25, -0.2) is 0 Å². The highest BCUT2D eigenvalue weighted by Crippen LogP contribution is 2.38. The maximum atomic E-state index is 12.8. The average Bonchev–Trinajstić information content (AvgIpc) is 2.53. The summed E-state index contributed by atoms with van der Waals surface area (Å²) in [6.07, 6.45) is -2.77. The standard InChI is InChI=1S/C17H23F3N2O/c18-17(19,20)16(23)7-10-21(11-8-16)12-13-22-9-3-5-14-4-1-2-6-15(14)22/h1-2,4,6,23H,3,5,7-13H2. The maximum Gasteiger partial charge on any atom is 0.417 e. The van der Waals surface area contributed by atoms with Gasteiger partial charge in [-0.3, -0.25) is 0 Å². The number of para-hydroxylation sites is 1. The molecular formula is C17H23F3N2O. The van der Waals surface area contributed by atoms with E-state index in [1.807, 2.05) is 17.0 Å². The summed E-state index contributed by atoms with van der Waals surface area (Å²) in [7, 11) is 0. The third-order valence-electron chi connectivity index (χ3n) is 5.10. The maximum absolute atomic E-state index is 12.8. The van der Waals surface area contributed by atoms with E-state index in [0.717, 1.165) is 32.5 Å². The zero-order chi connectivity index (χ0) is 16.5. The summed E-state index contributed by atoms with van der Waals surface area (Å²) in [6.45, 7) is 3.15. The highest BCUT2D eigenvalue weighted by atomic mass is 19.4. The van der Waals surface area contributed by atoms with Gasteiger partial charge in [0.05, 0.1) is 0 Å². The Morgan fingerprint density at radius 1 is 1.04 bits per heavy atom. The van der Waals surface area contributed by atoms with Crippen LogP contribution >= 0.6 is 0 Å². The van der Waals surface area contributed by atoms with Gasteiger partial charge in [-0.1, -0.05) is 18.2 Å². The van der Waals surface area contributed by atoms with Gasteiger partial charge in [-0.15, -0.1) is 0 Å². The molecule has 2 aliphatic heterocycles. The van der Waals surface area contributed by atoms with Gasteiger partial charge in [0.2, 0.25) is 0 Å². The van der Waals surface area contributed by atoms with Crippen molar-refractivity contribution in [2.45, 2.75) is 37.5 Å². The van der Waals surface area contributed by atoms with E-state index in [4.69, 9.17) is 0 Å². The van der Waals surface area contributed by atoms with E-state index < -0.39 is 11.8 Å². The number of aliphatic hydroxyl groups is 1. The topological polar surface area (TPSA) is 26.7 Å². The number of halogens is 3. The summed E-state index contributed by atoms with van der Waals surface area (Å²) < 4.78 is 38.5. The van der Waals surface area contributed by atoms with E-state index in [0.29, 0.717) is 13.1 Å². The minimum atomic E-state index is -4.52. The number of aryl methyl sites for hydroxylation is 1. The number of alkyl halides is 3. The van der Waals surface area contributed by atoms with Crippen LogP contribution < -0.4 is 4.90 Å². The number of likely N-dealkylation sites (tertiary alicyclic amines) is 1. The predicted molar refractivity (Wildman–Crippen MR) is 83.7 cm³/mol. The fourth-order valence-corrected chi connectivity index (χ4v) is 3.54. The normalized spacial score (nSPS) is 22.0. The molecule has 2 heterocycles. The van der Waals surface area contributed by atoms with Crippen molar-refractivity contribution in [2.75, 3.05) is 37.6 Å². The van der Waals surface area contributed by atoms with Gasteiger partial charge in [0.1, 0.15) is 0 Å². The number of hydrogen-bond donors (Lipinski definition) is 1. The van der Waals surface area contributed by atoms with Crippen LogP contribution in [-0.2, 0) is 6.42 Å². The average molecular weight is 328 g/mol. The third kappa shape index (κ3) is 3.48. The SMILES string of the molecule is OC1(C(F)(F)F)CCN(CCN2CCCc3ccccc32)CC1. The van der Waals surface area contributed by atoms with E-state index in [9.17, 15) is 18.3 Å². The Kier molecular flexibility index (Phi) is 4.56. The lowest BCUT2D eigenvalue weighted by Gasteiger charge is -2.40. The Balaban J connectivity index is 1.53. The number of hydrogen-bond acceptors (Lipinski definition) is 3. The van der Waals surface area contributed by atoms with Crippen molar-refractivity contribution < 1.29 is 18.3 Å². The van der Waals surface area contributed by atoms with E-state index in [1.165, 1.54) is 11.3 Å². The zero-order valence-electron chi connectivity index (χ0n) is 13.1. The summed E-state index contributed by atoms with van der Waals surface area (Å²) >= 11 is 0. The number of rotatable bonds is 3. The summed E-state index contributed by atoms with van der Waals surface area (Å²) in [5.41, 5.74) is 0.104. The number of benzene rings is 1. The quantitative estimate of drug-likeness (QED) is 0.924. The lowest BCUT2D eigenvalue weighted by atomic mass is 9.91. The molecule has 0 saturated carbocycles. The number of anilines is 1. The fourth-order valence-electron chi connectivity index (χ4n) is 3.54. The molecule has 0 radical (unpaired) electrons. The third-order valence-corrected chi connectivity index (χ3v) is 5.10. The molecule has 0 spiro atoms. The molecule has 0 aliphatic carbocycles. The van der Waals surface area contributed by atoms with Gasteiger partial charge in [-0.2, -0.15) is 13.2 Å². The van der Waals surface area contributed by atoms with Crippen molar-refractivity contribution in [3.05, 3.63) is 29.8 Å². The molecule has 1 fully saturated rings. The van der Waals surface area contributed by atoms with Crippen LogP contribution in [0.1, 0.15) is 24.8 Å². The molecule has 23 heavy (non-hydrogen) atoms. The number of nitrogens with zero attached hydrogens (tertiary/aromatic N) is 2. The largest absolute Gasteiger partial charge is 0.417 e. The first-order chi connectivity index (χ1) is 10.9. The van der Waals surface area contributed by atoms with Gasteiger partial charge < -0.3 is 14.9 Å². The summed E-state index contributed by atoms with van der Waals surface area (Å²) in [5.74, 6) is 0. The zero-order valence-corrected chi connectivity index (χ0v) is 13.1. The lowest BCUT2D eigenvalue weighted by Crippen LogP contribution is -2.54. The second kappa shape index (κ2) is 6.32. The van der Waals surface area contributed by atoms with Crippen LogP contribution in [0.3, 0.4) is 0 Å². The van der Waals surface area contributed by atoms with Gasteiger partial charge in [0, 0.05) is 38.4 Å². The van der Waals surface area contributed by atoms with Crippen LogP contribution in [0.5, 0.6) is 0 Å². The van der Waals surface area contributed by atoms with Crippen LogP contribution in [-0.4, -0.2) is 54.5 Å². The van der Waals surface area contributed by atoms with Gasteiger partial charge >= 0.3 is 6.18 Å². The minimum Gasteiger partial charge on any atom is -0.380 e. The molecule has 0 bridgehead atoms. The molecule has 128 valence electrons. The van der Waals surface area contributed by atoms with Gasteiger partial charge in [-0.05, 0) is 37.3 Å². The van der Waals surface area contributed by atoms with E-state index in [2.05, 4.69) is 17.0 Å². The molecule has 1 aromatic rings. The van der Waals surface area contributed by atoms with E-state index >= 15 is 0 Å². The van der Waals surface area contributed by atoms with Crippen molar-refractivity contribution in [3.8, 4) is 0 Å². The van der Waals surface area contributed by atoms with Crippen molar-refractivity contribution in [3.63, 3.8) is 0 Å². The molecule has 1 saturated heterocycles. The monoisotopic (exact) mass is 328 g/mol. The van der Waals surface area contributed by atoms with Crippen LogP contribution in [0.4, 0.5) is 18.9 Å². The predicted octanol–water partition coefficient (Wildman–Crippen LogP) is 2.83. The van der Waals surface area contributed by atoms with Crippen molar-refractivity contribution in [1.29, 1.82) is 0 Å². The molecule has 2 aliphatic rings. The highest BCUT2D eigenvalue weighted by molar-refractivity contribution is 5.55. The first kappa shape index (κ1) is 16.6. The molecule has 6 heteroatoms. The second-order valence-corrected chi connectivity index (χ2v) is 6.59. The lowest BCUT2D eigenvalue weighted by molar-refractivity contribution is -0.272. The molecule has 1 aromatic carbocycles. The Bertz CT molecular complexity index is 539. The Morgan fingerprint density at radius 3 is 2.43 bits per heavy atom. The first-order valence-corrected chi connectivity index (χ1v) is 8.23. The molecular weight excluding hydrogens is 305 g/mol. The van der Waals surface area contributed by atoms with Gasteiger partial charge in [0.25, 0.3) is 0 Å². The molecule has 0 amide bonds. The first-order valence-electron chi connectivity index (χ1n) is 8.23. The second-order valence-electron chi connectivity index (χ2n) is 6.59. The smallest absolute Gasteiger partial charge is 0.380 e. The minimum absolute atomic E-state index is 0.229. The molecule has 3 rings (SSSR count).